The molecule has 94 valence electrons. The lowest BCUT2D eigenvalue weighted by molar-refractivity contribution is 0.446. The number of para-hydroxylation sites is 1. The molecule has 0 aliphatic carbocycles. The predicted octanol–water partition coefficient (Wildman–Crippen LogP) is 3.37. The summed E-state index contributed by atoms with van der Waals surface area (Å²) < 4.78 is 1.70. The number of phenols is 1. The zero-order valence-corrected chi connectivity index (χ0v) is 11.0. The molecule has 2 aromatic rings. The van der Waals surface area contributed by atoms with Gasteiger partial charge in [0.1, 0.15) is 5.75 Å². The molecule has 0 atom stereocenters. The summed E-state index contributed by atoms with van der Waals surface area (Å²) in [6, 6.07) is 9.56. The van der Waals surface area contributed by atoms with Gasteiger partial charge in [0.25, 0.3) is 0 Å². The van der Waals surface area contributed by atoms with E-state index < -0.39 is 0 Å². The van der Waals surface area contributed by atoms with Gasteiger partial charge in [-0.05, 0) is 29.2 Å². The number of nitrogens with zero attached hydrogens (tertiary/aromatic N) is 2. The first-order chi connectivity index (χ1) is 8.48. The molecule has 0 unspecified atom stereocenters. The van der Waals surface area contributed by atoms with E-state index in [0.29, 0.717) is 5.75 Å². The number of benzene rings is 1. The van der Waals surface area contributed by atoms with Crippen LogP contribution in [0.15, 0.2) is 47.8 Å². The molecule has 0 aliphatic heterocycles. The summed E-state index contributed by atoms with van der Waals surface area (Å²) in [5, 5.41) is 14.5. The van der Waals surface area contributed by atoms with Gasteiger partial charge < -0.3 is 5.11 Å². The van der Waals surface area contributed by atoms with Crippen molar-refractivity contribution in [3.8, 4) is 5.75 Å². The van der Waals surface area contributed by atoms with Crippen molar-refractivity contribution in [1.29, 1.82) is 0 Å². The fraction of sp³-hybridized carbons (Fsp3) is 0.267. The molecule has 1 heterocycles. The molecule has 1 aromatic carbocycles. The Bertz CT molecular complexity index is 548. The Morgan fingerprint density at radius 1 is 1.11 bits per heavy atom. The van der Waals surface area contributed by atoms with Gasteiger partial charge in [0.05, 0.1) is 6.21 Å². The number of phenolic OH excluding ortho intramolecular Hbond substituents is 1. The molecule has 0 saturated carbocycles. The quantitative estimate of drug-likeness (QED) is 0.805. The van der Waals surface area contributed by atoms with Gasteiger partial charge in [0.15, 0.2) is 0 Å². The maximum absolute atomic E-state index is 10.3. The van der Waals surface area contributed by atoms with Gasteiger partial charge in [0, 0.05) is 18.0 Å². The maximum Gasteiger partial charge on any atom is 0.128 e. The molecule has 18 heavy (non-hydrogen) atoms. The van der Waals surface area contributed by atoms with E-state index in [1.165, 1.54) is 0 Å². The minimum atomic E-state index is -0.0820. The average Bonchev–Trinajstić information content (AvgIpc) is 2.79. The van der Waals surface area contributed by atoms with Gasteiger partial charge in [-0.3, -0.25) is 0 Å². The molecular weight excluding hydrogens is 224 g/mol. The van der Waals surface area contributed by atoms with Crippen molar-refractivity contribution in [1.82, 2.24) is 4.68 Å². The molecule has 3 nitrogen and oxygen atoms in total. The maximum atomic E-state index is 10.3. The molecule has 0 radical (unpaired) electrons. The van der Waals surface area contributed by atoms with Gasteiger partial charge in [-0.25, -0.2) is 4.68 Å². The van der Waals surface area contributed by atoms with E-state index in [4.69, 9.17) is 0 Å². The van der Waals surface area contributed by atoms with Crippen molar-refractivity contribution in [3.63, 3.8) is 0 Å². The van der Waals surface area contributed by atoms with Crippen LogP contribution in [0.2, 0.25) is 0 Å². The number of hydrogen-bond donors (Lipinski definition) is 1. The van der Waals surface area contributed by atoms with Crippen LogP contribution >= 0.6 is 0 Å². The summed E-state index contributed by atoms with van der Waals surface area (Å²) in [5.41, 5.74) is 1.58. The Hall–Kier alpha value is -2.03. The van der Waals surface area contributed by atoms with E-state index in [0.717, 1.165) is 11.1 Å². The molecule has 0 fully saturated rings. The SMILES string of the molecule is CC(C)(C)c1cccc(C=Nn2cccc2)c1O. The largest absolute Gasteiger partial charge is 0.507 e. The third-order valence-corrected chi connectivity index (χ3v) is 2.79. The molecule has 0 saturated heterocycles. The van der Waals surface area contributed by atoms with Crippen LogP contribution in [0.5, 0.6) is 5.75 Å². The molecule has 0 amide bonds. The molecule has 0 spiro atoms. The first-order valence-electron chi connectivity index (χ1n) is 5.98. The fourth-order valence-corrected chi connectivity index (χ4v) is 1.80. The molecule has 3 heteroatoms. The highest BCUT2D eigenvalue weighted by Gasteiger charge is 2.18. The summed E-state index contributed by atoms with van der Waals surface area (Å²) in [6.07, 6.45) is 5.37. The second kappa shape index (κ2) is 4.69. The van der Waals surface area contributed by atoms with Crippen LogP contribution < -0.4 is 0 Å². The van der Waals surface area contributed by atoms with Crippen LogP contribution in [-0.4, -0.2) is 16.0 Å². The zero-order valence-electron chi connectivity index (χ0n) is 11.0. The topological polar surface area (TPSA) is 37.5 Å². The minimum Gasteiger partial charge on any atom is -0.507 e. The van der Waals surface area contributed by atoms with E-state index in [2.05, 4.69) is 25.9 Å². The third-order valence-electron chi connectivity index (χ3n) is 2.79. The van der Waals surface area contributed by atoms with Gasteiger partial charge >= 0.3 is 0 Å². The van der Waals surface area contributed by atoms with Crippen molar-refractivity contribution in [2.75, 3.05) is 0 Å². The second-order valence-electron chi connectivity index (χ2n) is 5.30. The van der Waals surface area contributed by atoms with E-state index in [9.17, 15) is 5.11 Å². The molecule has 2 rings (SSSR count). The molecule has 0 aliphatic rings. The first-order valence-corrected chi connectivity index (χ1v) is 5.98. The Morgan fingerprint density at radius 2 is 1.78 bits per heavy atom. The summed E-state index contributed by atoms with van der Waals surface area (Å²) >= 11 is 0. The second-order valence-corrected chi connectivity index (χ2v) is 5.30. The van der Waals surface area contributed by atoms with Crippen LogP contribution in [0.1, 0.15) is 31.9 Å². The number of aromatic nitrogens is 1. The highest BCUT2D eigenvalue weighted by Crippen LogP contribution is 2.32. The summed E-state index contributed by atoms with van der Waals surface area (Å²) in [5.74, 6) is 0.306. The summed E-state index contributed by atoms with van der Waals surface area (Å²) in [7, 11) is 0. The van der Waals surface area contributed by atoms with Gasteiger partial charge in [-0.15, -0.1) is 0 Å². The average molecular weight is 242 g/mol. The van der Waals surface area contributed by atoms with E-state index in [1.54, 1.807) is 10.9 Å². The van der Waals surface area contributed by atoms with Crippen LogP contribution in [-0.2, 0) is 5.41 Å². The summed E-state index contributed by atoms with van der Waals surface area (Å²) in [4.78, 5) is 0. The highest BCUT2D eigenvalue weighted by molar-refractivity contribution is 5.84. The Labute approximate surface area is 107 Å². The fourth-order valence-electron chi connectivity index (χ4n) is 1.80. The van der Waals surface area contributed by atoms with E-state index in [-0.39, 0.29) is 5.41 Å². The molecule has 1 aromatic heterocycles. The van der Waals surface area contributed by atoms with Gasteiger partial charge in [-0.2, -0.15) is 5.10 Å². The number of rotatable bonds is 2. The Balaban J connectivity index is 2.35. The smallest absolute Gasteiger partial charge is 0.128 e. The third kappa shape index (κ3) is 2.62. The highest BCUT2D eigenvalue weighted by atomic mass is 16.3. The lowest BCUT2D eigenvalue weighted by Gasteiger charge is -2.21. The van der Waals surface area contributed by atoms with Crippen molar-refractivity contribution in [3.05, 3.63) is 53.9 Å². The normalized spacial score (nSPS) is 12.2. The summed E-state index contributed by atoms with van der Waals surface area (Å²) in [6.45, 7) is 6.23. The molecular formula is C15H18N2O. The van der Waals surface area contributed by atoms with Crippen molar-refractivity contribution in [2.45, 2.75) is 26.2 Å². The zero-order chi connectivity index (χ0) is 13.2. The number of hydrogen-bond acceptors (Lipinski definition) is 2. The van der Waals surface area contributed by atoms with E-state index >= 15 is 0 Å². The van der Waals surface area contributed by atoms with Crippen molar-refractivity contribution >= 4 is 6.21 Å². The lowest BCUT2D eigenvalue weighted by atomic mass is 9.85. The van der Waals surface area contributed by atoms with Crippen LogP contribution in [0.4, 0.5) is 0 Å². The molecule has 1 N–H and O–H groups in total. The van der Waals surface area contributed by atoms with Crippen molar-refractivity contribution < 1.29 is 5.11 Å². The van der Waals surface area contributed by atoms with Crippen LogP contribution in [0, 0.1) is 0 Å². The van der Waals surface area contributed by atoms with Gasteiger partial charge in [0.2, 0.25) is 0 Å². The van der Waals surface area contributed by atoms with Crippen LogP contribution in [0.25, 0.3) is 0 Å². The van der Waals surface area contributed by atoms with Crippen LogP contribution in [0.3, 0.4) is 0 Å². The van der Waals surface area contributed by atoms with Crippen molar-refractivity contribution in [2.24, 2.45) is 5.10 Å². The number of aromatic hydroxyl groups is 1. The minimum absolute atomic E-state index is 0.0820. The Morgan fingerprint density at radius 3 is 2.39 bits per heavy atom. The monoisotopic (exact) mass is 242 g/mol. The van der Waals surface area contributed by atoms with E-state index in [1.807, 2.05) is 42.7 Å². The molecule has 0 bridgehead atoms. The lowest BCUT2D eigenvalue weighted by Crippen LogP contribution is -2.11. The van der Waals surface area contributed by atoms with Gasteiger partial charge in [-0.1, -0.05) is 32.9 Å². The first kappa shape index (κ1) is 12.4. The predicted molar refractivity (Wildman–Crippen MR) is 74.2 cm³/mol. The standard InChI is InChI=1S/C15H18N2O/c1-15(2,3)13-8-6-7-12(14(13)18)11-16-17-9-4-5-10-17/h4-11,18H,1-3H3. The Kier molecular flexibility index (Phi) is 3.24.